The number of ketones is 1. The molecule has 4 atom stereocenters. The van der Waals surface area contributed by atoms with Gasteiger partial charge in [-0.05, 0) is 43.5 Å². The molecule has 160 valence electrons. The Labute approximate surface area is 168 Å². The highest BCUT2D eigenvalue weighted by atomic mass is 19.1. The summed E-state index contributed by atoms with van der Waals surface area (Å²) in [5, 5.41) is 28.7. The third-order valence-corrected chi connectivity index (χ3v) is 4.65. The summed E-state index contributed by atoms with van der Waals surface area (Å²) < 4.78 is 23.8. The van der Waals surface area contributed by atoms with Crippen LogP contribution < -0.4 is 4.74 Å². The first-order valence-corrected chi connectivity index (χ1v) is 9.62. The number of hydrogen-bond donors (Lipinski definition) is 3. The molecule has 4 unspecified atom stereocenters. The highest BCUT2D eigenvalue weighted by Crippen LogP contribution is 2.29. The van der Waals surface area contributed by atoms with Crippen LogP contribution in [0.1, 0.15) is 32.1 Å². The van der Waals surface area contributed by atoms with Crippen molar-refractivity contribution >= 4 is 11.8 Å². The lowest BCUT2D eigenvalue weighted by Crippen LogP contribution is -2.34. The second-order valence-electron chi connectivity index (χ2n) is 7.05. The molecule has 29 heavy (non-hydrogen) atoms. The molecule has 3 N–H and O–H groups in total. The van der Waals surface area contributed by atoms with Crippen LogP contribution in [0.15, 0.2) is 36.4 Å². The van der Waals surface area contributed by atoms with Gasteiger partial charge in [-0.2, -0.15) is 0 Å². The van der Waals surface area contributed by atoms with Crippen LogP contribution in [-0.2, 0) is 14.3 Å². The van der Waals surface area contributed by atoms with Gasteiger partial charge in [0.15, 0.2) is 0 Å². The zero-order valence-corrected chi connectivity index (χ0v) is 16.1. The summed E-state index contributed by atoms with van der Waals surface area (Å²) >= 11 is 0. The van der Waals surface area contributed by atoms with Crippen molar-refractivity contribution in [1.29, 1.82) is 0 Å². The van der Waals surface area contributed by atoms with E-state index in [1.165, 1.54) is 24.3 Å². The van der Waals surface area contributed by atoms with Gasteiger partial charge in [0.1, 0.15) is 30.1 Å². The summed E-state index contributed by atoms with van der Waals surface area (Å²) in [6.07, 6.45) is 2.60. The van der Waals surface area contributed by atoms with E-state index in [2.05, 4.69) is 0 Å². The van der Waals surface area contributed by atoms with Crippen molar-refractivity contribution in [3.8, 4) is 5.75 Å². The van der Waals surface area contributed by atoms with Gasteiger partial charge in [-0.1, -0.05) is 12.2 Å². The van der Waals surface area contributed by atoms with E-state index in [0.717, 1.165) is 0 Å². The number of allylic oxidation sites excluding steroid dienone is 2. The van der Waals surface area contributed by atoms with E-state index >= 15 is 0 Å². The number of hydrogen-bond acceptors (Lipinski definition) is 6. The maximum Gasteiger partial charge on any atom is 0.303 e. The normalized spacial score (nSPS) is 22.9. The number of aliphatic carboxylic acids is 1. The van der Waals surface area contributed by atoms with Crippen LogP contribution in [0.3, 0.4) is 0 Å². The Morgan fingerprint density at radius 2 is 1.97 bits per heavy atom. The first-order chi connectivity index (χ1) is 13.9. The number of benzene rings is 1. The number of Topliss-reactive ketones (excluding diaryl/α,β-unsaturated/α-hetero) is 1. The van der Waals surface area contributed by atoms with Gasteiger partial charge in [0.05, 0.1) is 18.8 Å². The molecule has 0 amide bonds. The molecule has 1 fully saturated rings. The third kappa shape index (κ3) is 7.92. The Bertz CT molecular complexity index is 689. The second kappa shape index (κ2) is 11.6. The molecule has 0 radical (unpaired) electrons. The third-order valence-electron chi connectivity index (χ3n) is 4.65. The van der Waals surface area contributed by atoms with E-state index in [9.17, 15) is 24.2 Å². The number of carbonyl (C=O) groups excluding carboxylic acids is 1. The Hall–Kier alpha value is -2.29. The van der Waals surface area contributed by atoms with E-state index < -0.39 is 30.2 Å². The van der Waals surface area contributed by atoms with Gasteiger partial charge < -0.3 is 24.8 Å². The lowest BCUT2D eigenvalue weighted by Gasteiger charge is -2.22. The summed E-state index contributed by atoms with van der Waals surface area (Å²) in [4.78, 5) is 22.6. The predicted molar refractivity (Wildman–Crippen MR) is 102 cm³/mol. The summed E-state index contributed by atoms with van der Waals surface area (Å²) in [5.74, 6) is -1.43. The summed E-state index contributed by atoms with van der Waals surface area (Å²) in [7, 11) is 0. The molecule has 0 bridgehead atoms. The van der Waals surface area contributed by atoms with Crippen molar-refractivity contribution in [3.05, 3.63) is 42.2 Å². The zero-order valence-electron chi connectivity index (χ0n) is 16.1. The number of aliphatic hydroxyl groups is 2. The number of rotatable bonds is 12. The Morgan fingerprint density at radius 1 is 1.24 bits per heavy atom. The minimum absolute atomic E-state index is 0.00433. The second-order valence-corrected chi connectivity index (χ2v) is 7.05. The number of unbranched alkanes of at least 4 members (excludes halogenated alkanes) is 1. The smallest absolute Gasteiger partial charge is 0.303 e. The van der Waals surface area contributed by atoms with Crippen LogP contribution in [0.25, 0.3) is 0 Å². The zero-order chi connectivity index (χ0) is 21.2. The van der Waals surface area contributed by atoms with Crippen LogP contribution >= 0.6 is 0 Å². The fourth-order valence-electron chi connectivity index (χ4n) is 3.14. The molecule has 0 heterocycles. The molecule has 0 spiro atoms. The van der Waals surface area contributed by atoms with Crippen LogP contribution in [-0.4, -0.2) is 58.6 Å². The van der Waals surface area contributed by atoms with E-state index in [4.69, 9.17) is 14.6 Å². The number of ether oxygens (including phenoxy) is 2. The molecule has 1 aromatic carbocycles. The van der Waals surface area contributed by atoms with Gasteiger partial charge >= 0.3 is 5.97 Å². The van der Waals surface area contributed by atoms with Gasteiger partial charge in [-0.15, -0.1) is 0 Å². The number of carboxylic acid groups (broad SMARTS) is 1. The van der Waals surface area contributed by atoms with Gasteiger partial charge in [-0.3, -0.25) is 9.59 Å². The molecule has 1 aliphatic rings. The van der Waals surface area contributed by atoms with Crippen molar-refractivity contribution in [1.82, 2.24) is 0 Å². The van der Waals surface area contributed by atoms with Gasteiger partial charge in [0.2, 0.25) is 0 Å². The number of halogens is 1. The molecular weight excluding hydrogens is 383 g/mol. The molecule has 1 aromatic rings. The average molecular weight is 410 g/mol. The fourth-order valence-corrected chi connectivity index (χ4v) is 3.14. The van der Waals surface area contributed by atoms with Crippen molar-refractivity contribution < 1.29 is 38.8 Å². The SMILES string of the molecule is O=C(O)CCCC=CCC1C(=O)CC(O)C1OCC(O)COc1ccc(F)cc1. The topological polar surface area (TPSA) is 113 Å². The molecule has 7 nitrogen and oxygen atoms in total. The number of aliphatic hydroxyl groups excluding tert-OH is 2. The van der Waals surface area contributed by atoms with Crippen molar-refractivity contribution in [2.75, 3.05) is 13.2 Å². The number of carbonyl (C=O) groups is 2. The molecule has 1 saturated carbocycles. The van der Waals surface area contributed by atoms with E-state index in [0.29, 0.717) is 25.0 Å². The molecule has 0 aromatic heterocycles. The Kier molecular flexibility index (Phi) is 9.24. The minimum Gasteiger partial charge on any atom is -0.491 e. The Morgan fingerprint density at radius 3 is 2.66 bits per heavy atom. The maximum absolute atomic E-state index is 12.9. The van der Waals surface area contributed by atoms with E-state index in [1.807, 2.05) is 6.08 Å². The van der Waals surface area contributed by atoms with Gasteiger partial charge in [0.25, 0.3) is 0 Å². The molecule has 1 aliphatic carbocycles. The number of carboxylic acids is 1. The van der Waals surface area contributed by atoms with Crippen LogP contribution in [0.5, 0.6) is 5.75 Å². The molecule has 8 heteroatoms. The van der Waals surface area contributed by atoms with Crippen LogP contribution in [0.2, 0.25) is 0 Å². The lowest BCUT2D eigenvalue weighted by atomic mass is 9.99. The fraction of sp³-hybridized carbons (Fsp3) is 0.524. The minimum atomic E-state index is -0.977. The maximum atomic E-state index is 12.9. The summed E-state index contributed by atoms with van der Waals surface area (Å²) in [5.41, 5.74) is 0. The summed E-state index contributed by atoms with van der Waals surface area (Å²) in [6.45, 7) is -0.189. The molecule has 0 aliphatic heterocycles. The highest BCUT2D eigenvalue weighted by Gasteiger charge is 2.41. The monoisotopic (exact) mass is 410 g/mol. The highest BCUT2D eigenvalue weighted by molar-refractivity contribution is 5.85. The average Bonchev–Trinajstić information content (AvgIpc) is 2.94. The largest absolute Gasteiger partial charge is 0.491 e. The standard InChI is InChI=1S/C21H27FO7/c22-14-7-9-16(10-8-14)28-12-15(23)13-29-21-17(18(24)11-19(21)25)5-3-1-2-4-6-20(26)27/h1,3,7-10,15,17,19,21,23,25H,2,4-6,11-13H2,(H,26,27). The van der Waals surface area contributed by atoms with Gasteiger partial charge in [-0.25, -0.2) is 4.39 Å². The van der Waals surface area contributed by atoms with Crippen LogP contribution in [0, 0.1) is 11.7 Å². The van der Waals surface area contributed by atoms with E-state index in [-0.39, 0.29) is 37.7 Å². The van der Waals surface area contributed by atoms with Crippen LogP contribution in [0.4, 0.5) is 4.39 Å². The van der Waals surface area contributed by atoms with Gasteiger partial charge in [0, 0.05) is 18.8 Å². The lowest BCUT2D eigenvalue weighted by molar-refractivity contribution is -0.137. The predicted octanol–water partition coefficient (Wildman–Crippen LogP) is 2.10. The Balaban J connectivity index is 1.75. The molecule has 2 rings (SSSR count). The van der Waals surface area contributed by atoms with Crippen molar-refractivity contribution in [3.63, 3.8) is 0 Å². The first-order valence-electron chi connectivity index (χ1n) is 9.62. The molecule has 0 saturated heterocycles. The summed E-state index contributed by atoms with van der Waals surface area (Å²) in [6, 6.07) is 5.39. The first kappa shape index (κ1) is 23.0. The quantitative estimate of drug-likeness (QED) is 0.357. The van der Waals surface area contributed by atoms with Crippen molar-refractivity contribution in [2.24, 2.45) is 5.92 Å². The van der Waals surface area contributed by atoms with Crippen molar-refractivity contribution in [2.45, 2.75) is 50.4 Å². The van der Waals surface area contributed by atoms with E-state index in [1.54, 1.807) is 6.08 Å². The molecular formula is C21H27FO7.